The first-order chi connectivity index (χ1) is 4.16. The Morgan fingerprint density at radius 3 is 2.00 bits per heavy atom. The molecule has 0 spiro atoms. The van der Waals surface area contributed by atoms with Gasteiger partial charge in [0.2, 0.25) is 0 Å². The van der Waals surface area contributed by atoms with E-state index in [1.54, 1.807) is 13.8 Å². The van der Waals surface area contributed by atoms with Crippen molar-refractivity contribution in [3.05, 3.63) is 0 Å². The minimum absolute atomic E-state index is 0. The molecule has 2 unspecified atom stereocenters. The van der Waals surface area contributed by atoms with Crippen LogP contribution in [0.15, 0.2) is 0 Å². The summed E-state index contributed by atoms with van der Waals surface area (Å²) in [6.07, 6.45) is -0.612. The van der Waals surface area contributed by atoms with Crippen molar-refractivity contribution in [1.29, 1.82) is 0 Å². The third-order valence-electron chi connectivity index (χ3n) is 0.879. The van der Waals surface area contributed by atoms with Gasteiger partial charge in [-0.1, -0.05) is 0 Å². The monoisotopic (exact) mass is 180 g/mol. The molecule has 0 aliphatic carbocycles. The fourth-order valence-electron chi connectivity index (χ4n) is 0.356. The van der Waals surface area contributed by atoms with E-state index in [9.17, 15) is 0 Å². The smallest absolute Gasteiger partial charge is 0.0779 e. The van der Waals surface area contributed by atoms with E-state index in [4.69, 9.17) is 14.9 Å². The largest absolute Gasteiger partial charge is 0.394 e. The average Bonchev–Trinajstić information content (AvgIpc) is 1.83. The fraction of sp³-hybridized carbons (Fsp3) is 1.00. The first kappa shape index (κ1) is 18.6. The molecule has 0 amide bonds. The van der Waals surface area contributed by atoms with Crippen LogP contribution in [0.1, 0.15) is 13.8 Å². The standard InChI is InChI=1S/C6H14O3.2Na/c1-5(8)4-9-6(2)3-7;;/h5-8H,3-4H2,1-2H3;;. The summed E-state index contributed by atoms with van der Waals surface area (Å²) in [5.74, 6) is 0. The van der Waals surface area contributed by atoms with Crippen LogP contribution in [-0.4, -0.2) is 94.7 Å². The van der Waals surface area contributed by atoms with Crippen LogP contribution in [0.2, 0.25) is 0 Å². The summed E-state index contributed by atoms with van der Waals surface area (Å²) in [5, 5.41) is 17.1. The van der Waals surface area contributed by atoms with Gasteiger partial charge in [-0.05, 0) is 13.8 Å². The minimum Gasteiger partial charge on any atom is -0.394 e. The Labute approximate surface area is 112 Å². The Bertz CT molecular complexity index is 70.8. The molecule has 11 heavy (non-hydrogen) atoms. The van der Waals surface area contributed by atoms with Gasteiger partial charge in [0.05, 0.1) is 25.4 Å². The van der Waals surface area contributed by atoms with Gasteiger partial charge in [0.15, 0.2) is 0 Å². The summed E-state index contributed by atoms with van der Waals surface area (Å²) in [6.45, 7) is 3.70. The molecule has 0 aromatic carbocycles. The van der Waals surface area contributed by atoms with Gasteiger partial charge in [-0.3, -0.25) is 0 Å². The van der Waals surface area contributed by atoms with E-state index in [1.165, 1.54) is 0 Å². The van der Waals surface area contributed by atoms with Crippen molar-refractivity contribution in [2.45, 2.75) is 26.1 Å². The van der Waals surface area contributed by atoms with E-state index in [0.717, 1.165) is 0 Å². The molecule has 0 rings (SSSR count). The van der Waals surface area contributed by atoms with Crippen molar-refractivity contribution in [2.24, 2.45) is 0 Å². The van der Waals surface area contributed by atoms with Gasteiger partial charge in [-0.25, -0.2) is 0 Å². The second-order valence-corrected chi connectivity index (χ2v) is 2.18. The maximum absolute atomic E-state index is 8.69. The van der Waals surface area contributed by atoms with Crippen LogP contribution in [0.4, 0.5) is 0 Å². The SMILES string of the molecule is CC(O)COC(C)CO.[Na].[Na]. The Hall–Kier alpha value is 1.88. The van der Waals surface area contributed by atoms with Crippen LogP contribution in [0.25, 0.3) is 0 Å². The molecule has 3 nitrogen and oxygen atoms in total. The second-order valence-electron chi connectivity index (χ2n) is 2.18. The molecule has 2 atom stereocenters. The van der Waals surface area contributed by atoms with Crippen molar-refractivity contribution in [1.82, 2.24) is 0 Å². The van der Waals surface area contributed by atoms with Crippen LogP contribution < -0.4 is 0 Å². The molecule has 0 aromatic rings. The van der Waals surface area contributed by atoms with E-state index in [1.807, 2.05) is 0 Å². The molecule has 58 valence electrons. The molecule has 0 saturated heterocycles. The van der Waals surface area contributed by atoms with Crippen molar-refractivity contribution < 1.29 is 14.9 Å². The topological polar surface area (TPSA) is 49.7 Å². The first-order valence-corrected chi connectivity index (χ1v) is 3.07. The predicted octanol–water partition coefficient (Wildman–Crippen LogP) is -0.997. The van der Waals surface area contributed by atoms with E-state index in [0.29, 0.717) is 6.61 Å². The molecule has 0 aromatic heterocycles. The molecule has 5 heteroatoms. The van der Waals surface area contributed by atoms with Gasteiger partial charge in [0, 0.05) is 59.1 Å². The molecule has 2 radical (unpaired) electrons. The molecule has 0 heterocycles. The summed E-state index contributed by atoms with van der Waals surface area (Å²) in [5.41, 5.74) is 0. The number of hydrogen-bond donors (Lipinski definition) is 2. The molecule has 0 aliphatic rings. The van der Waals surface area contributed by atoms with Gasteiger partial charge in [0.25, 0.3) is 0 Å². The van der Waals surface area contributed by atoms with Crippen molar-refractivity contribution in [2.75, 3.05) is 13.2 Å². The Balaban J connectivity index is -0.000000320. The second kappa shape index (κ2) is 11.9. The van der Waals surface area contributed by atoms with Crippen molar-refractivity contribution in [3.8, 4) is 0 Å². The normalized spacial score (nSPS) is 14.2. The van der Waals surface area contributed by atoms with Gasteiger partial charge < -0.3 is 14.9 Å². The Kier molecular flexibility index (Phi) is 20.1. The third kappa shape index (κ3) is 14.7. The third-order valence-corrected chi connectivity index (χ3v) is 0.879. The maximum Gasteiger partial charge on any atom is 0.0779 e. The summed E-state index contributed by atoms with van der Waals surface area (Å²) < 4.78 is 4.95. The fourth-order valence-corrected chi connectivity index (χ4v) is 0.356. The van der Waals surface area contributed by atoms with Gasteiger partial charge in [0.1, 0.15) is 0 Å². The van der Waals surface area contributed by atoms with Gasteiger partial charge >= 0.3 is 0 Å². The van der Waals surface area contributed by atoms with Crippen LogP contribution >= 0.6 is 0 Å². The number of hydrogen-bond acceptors (Lipinski definition) is 3. The van der Waals surface area contributed by atoms with Crippen LogP contribution in [0.5, 0.6) is 0 Å². The molecule has 0 aliphatic heterocycles. The predicted molar refractivity (Wildman–Crippen MR) is 45.7 cm³/mol. The zero-order valence-electron chi connectivity index (χ0n) is 7.87. The summed E-state index contributed by atoms with van der Waals surface area (Å²) in [4.78, 5) is 0. The summed E-state index contributed by atoms with van der Waals surface area (Å²) >= 11 is 0. The van der Waals surface area contributed by atoms with E-state index < -0.39 is 6.10 Å². The minimum atomic E-state index is -0.445. The van der Waals surface area contributed by atoms with E-state index >= 15 is 0 Å². The molecular weight excluding hydrogens is 166 g/mol. The molecule has 0 fully saturated rings. The molecule has 0 bridgehead atoms. The zero-order valence-corrected chi connectivity index (χ0v) is 11.9. The van der Waals surface area contributed by atoms with Crippen LogP contribution in [0, 0.1) is 0 Å². The number of ether oxygens (including phenoxy) is 1. The summed E-state index contributed by atoms with van der Waals surface area (Å²) in [7, 11) is 0. The maximum atomic E-state index is 8.69. The van der Waals surface area contributed by atoms with Crippen LogP contribution in [0.3, 0.4) is 0 Å². The average molecular weight is 180 g/mol. The number of rotatable bonds is 4. The molecule has 2 N–H and O–H groups in total. The van der Waals surface area contributed by atoms with Gasteiger partial charge in [-0.2, -0.15) is 0 Å². The Morgan fingerprint density at radius 2 is 1.73 bits per heavy atom. The van der Waals surface area contributed by atoms with E-state index in [-0.39, 0.29) is 71.8 Å². The Morgan fingerprint density at radius 1 is 1.27 bits per heavy atom. The van der Waals surface area contributed by atoms with Crippen molar-refractivity contribution >= 4 is 59.1 Å². The van der Waals surface area contributed by atoms with Crippen LogP contribution in [-0.2, 0) is 4.74 Å². The quantitative estimate of drug-likeness (QED) is 0.546. The zero-order chi connectivity index (χ0) is 7.28. The summed E-state index contributed by atoms with van der Waals surface area (Å²) in [6, 6.07) is 0. The van der Waals surface area contributed by atoms with Crippen molar-refractivity contribution in [3.63, 3.8) is 0 Å². The van der Waals surface area contributed by atoms with E-state index in [2.05, 4.69) is 0 Å². The number of aliphatic hydroxyl groups is 2. The van der Waals surface area contributed by atoms with Gasteiger partial charge in [-0.15, -0.1) is 0 Å². The number of aliphatic hydroxyl groups excluding tert-OH is 2. The molecule has 0 saturated carbocycles. The molecular formula is C6H14Na2O3. The first-order valence-electron chi connectivity index (χ1n) is 3.07.